The van der Waals surface area contributed by atoms with E-state index < -0.39 is 45.6 Å². The molecule has 2 amide bonds. The highest BCUT2D eigenvalue weighted by molar-refractivity contribution is 7.45. The van der Waals surface area contributed by atoms with Crippen molar-refractivity contribution in [2.45, 2.75) is 45.3 Å². The molecule has 0 radical (unpaired) electrons. The van der Waals surface area contributed by atoms with Crippen LogP contribution in [0.3, 0.4) is 0 Å². The fourth-order valence-corrected chi connectivity index (χ4v) is 4.59. The molecule has 0 aliphatic heterocycles. The number of allylic oxidation sites excluding steroid dienone is 2. The van der Waals surface area contributed by atoms with Crippen LogP contribution in [0.2, 0.25) is 0 Å². The molecule has 12 nitrogen and oxygen atoms in total. The van der Waals surface area contributed by atoms with Crippen molar-refractivity contribution >= 4 is 38.7 Å². The van der Waals surface area contributed by atoms with Gasteiger partial charge in [0, 0.05) is 18.8 Å². The third-order valence-corrected chi connectivity index (χ3v) is 6.87. The van der Waals surface area contributed by atoms with E-state index in [1.54, 1.807) is 38.1 Å². The number of urea groups is 1. The fourth-order valence-electron chi connectivity index (χ4n) is 3.53. The van der Waals surface area contributed by atoms with Crippen molar-refractivity contribution in [3.05, 3.63) is 84.1 Å². The van der Waals surface area contributed by atoms with E-state index in [1.807, 2.05) is 30.3 Å². The van der Waals surface area contributed by atoms with Crippen molar-refractivity contribution in [1.82, 2.24) is 15.3 Å². The van der Waals surface area contributed by atoms with Crippen LogP contribution in [-0.4, -0.2) is 85.5 Å². The maximum Gasteiger partial charge on any atom is 0.323 e. The van der Waals surface area contributed by atoms with Gasteiger partial charge in [0.15, 0.2) is 12.0 Å². The summed E-state index contributed by atoms with van der Waals surface area (Å²) in [4.78, 5) is 48.9. The van der Waals surface area contributed by atoms with Gasteiger partial charge < -0.3 is 28.9 Å². The topological polar surface area (TPSA) is 153 Å². The van der Waals surface area contributed by atoms with Crippen molar-refractivity contribution in [3.8, 4) is 5.75 Å². The Morgan fingerprint density at radius 3 is 2.44 bits per heavy atom. The van der Waals surface area contributed by atoms with Crippen LogP contribution in [0.25, 0.3) is 6.08 Å². The highest BCUT2D eigenvalue weighted by atomic mass is 31.2. The van der Waals surface area contributed by atoms with Gasteiger partial charge in [-0.1, -0.05) is 48.5 Å². The van der Waals surface area contributed by atoms with Crippen LogP contribution < -0.4 is 14.9 Å². The van der Waals surface area contributed by atoms with Crippen LogP contribution in [0.4, 0.5) is 9.18 Å². The zero-order valence-electron chi connectivity index (χ0n) is 25.5. The smallest absolute Gasteiger partial charge is 0.323 e. The summed E-state index contributed by atoms with van der Waals surface area (Å²) in [7, 11) is -0.798. The third kappa shape index (κ3) is 13.7. The van der Waals surface area contributed by atoms with Gasteiger partial charge in [-0.15, -0.1) is 0 Å². The van der Waals surface area contributed by atoms with Gasteiger partial charge in [0.1, 0.15) is 31.4 Å². The van der Waals surface area contributed by atoms with Gasteiger partial charge in [-0.25, -0.2) is 14.3 Å². The molecule has 3 N–H and O–H groups in total. The highest BCUT2D eigenvalue weighted by Gasteiger charge is 2.29. The van der Waals surface area contributed by atoms with Crippen LogP contribution >= 0.6 is 8.53 Å². The molecule has 14 heteroatoms. The molecule has 4 unspecified atom stereocenters. The summed E-state index contributed by atoms with van der Waals surface area (Å²) in [6.45, 7) is 2.93. The number of alkyl halides is 1. The normalized spacial score (nSPS) is 14.1. The number of esters is 1. The lowest BCUT2D eigenvalue weighted by atomic mass is 10.1. The number of hydrogen-bond acceptors (Lipinski definition) is 10. The Bertz CT molecular complexity index is 1290. The molecule has 0 fully saturated rings. The predicted octanol–water partition coefficient (Wildman–Crippen LogP) is 4.16. The van der Waals surface area contributed by atoms with Gasteiger partial charge in [0.05, 0.1) is 18.8 Å². The van der Waals surface area contributed by atoms with Crippen LogP contribution in [0, 0.1) is 0 Å². The zero-order chi connectivity index (χ0) is 33.2. The van der Waals surface area contributed by atoms with Gasteiger partial charge in [-0.2, -0.15) is 0 Å². The first-order chi connectivity index (χ1) is 21.6. The number of aldehydes is 1. The van der Waals surface area contributed by atoms with E-state index in [0.29, 0.717) is 11.8 Å². The number of carbonyl (C=O) groups excluding carboxylic acids is 4. The molecule has 2 rings (SSSR count). The molecular formula is C31H39FN3O9P. The number of nitrogens with one attached hydrogen (secondary N) is 2. The number of carbonyl (C=O) groups is 4. The monoisotopic (exact) mass is 647 g/mol. The Balaban J connectivity index is 2.21. The van der Waals surface area contributed by atoms with Gasteiger partial charge in [0.25, 0.3) is 0 Å². The van der Waals surface area contributed by atoms with Gasteiger partial charge in [0.2, 0.25) is 0 Å². The molecule has 0 aliphatic carbocycles. The number of rotatable bonds is 19. The molecule has 4 atom stereocenters. The lowest BCUT2D eigenvalue weighted by Gasteiger charge is -2.31. The fraction of sp³-hybridized carbons (Fsp3) is 0.355. The number of aliphatic hydroxyl groups excluding tert-OH is 1. The summed E-state index contributed by atoms with van der Waals surface area (Å²) < 4.78 is 36.6. The van der Waals surface area contributed by atoms with Crippen LogP contribution in [0.5, 0.6) is 5.75 Å². The summed E-state index contributed by atoms with van der Waals surface area (Å²) in [6, 6.07) is 14.9. The van der Waals surface area contributed by atoms with E-state index in [2.05, 4.69) is 10.4 Å². The number of ether oxygens (including phenoxy) is 2. The Morgan fingerprint density at radius 2 is 1.82 bits per heavy atom. The molecule has 2 aromatic carbocycles. The second-order valence-electron chi connectivity index (χ2n) is 9.62. The summed E-state index contributed by atoms with van der Waals surface area (Å²) in [5, 5.41) is 15.5. The van der Waals surface area contributed by atoms with Gasteiger partial charge in [-0.05, 0) is 50.6 Å². The summed E-state index contributed by atoms with van der Waals surface area (Å²) in [6.07, 6.45) is 1.29. The van der Waals surface area contributed by atoms with Crippen molar-refractivity contribution in [3.63, 3.8) is 0 Å². The van der Waals surface area contributed by atoms with Crippen molar-refractivity contribution < 1.29 is 47.2 Å². The van der Waals surface area contributed by atoms with Crippen LogP contribution in [-0.2, 0) is 23.6 Å². The van der Waals surface area contributed by atoms with Crippen molar-refractivity contribution in [1.29, 1.82) is 0 Å². The maximum absolute atomic E-state index is 14.0. The second-order valence-corrected chi connectivity index (χ2v) is 10.9. The molecule has 2 aromatic rings. The summed E-state index contributed by atoms with van der Waals surface area (Å²) in [5.74, 6) is -0.610. The molecule has 0 saturated carbocycles. The number of benzene rings is 2. The molecule has 0 aromatic heterocycles. The Kier molecular flexibility index (Phi) is 16.6. The van der Waals surface area contributed by atoms with E-state index in [1.165, 1.54) is 26.1 Å². The second kappa shape index (κ2) is 20.1. The number of ketones is 1. The van der Waals surface area contributed by atoms with Crippen LogP contribution in [0.1, 0.15) is 36.7 Å². The minimum absolute atomic E-state index is 0.241. The first kappa shape index (κ1) is 37.2. The minimum atomic E-state index is -2.12. The highest BCUT2D eigenvalue weighted by Crippen LogP contribution is 2.36. The molecule has 244 valence electrons. The quantitative estimate of drug-likeness (QED) is 0.0506. The number of aliphatic hydroxyl groups is 1. The lowest BCUT2D eigenvalue weighted by molar-refractivity contribution is -0.146. The molecule has 0 bridgehead atoms. The number of amides is 2. The minimum Gasteiger partial charge on any atom is -0.462 e. The van der Waals surface area contributed by atoms with E-state index in [9.17, 15) is 28.7 Å². The average molecular weight is 648 g/mol. The molecular weight excluding hydrogens is 608 g/mol. The largest absolute Gasteiger partial charge is 0.462 e. The molecule has 0 heterocycles. The maximum atomic E-state index is 14.0. The number of halogens is 1. The number of nitrogens with zero attached hydrogens (tertiary/aromatic N) is 1. The summed E-state index contributed by atoms with van der Waals surface area (Å²) >= 11 is 0. The zero-order valence-corrected chi connectivity index (χ0v) is 26.4. The molecule has 45 heavy (non-hydrogen) atoms. The number of hydrogen-bond donors (Lipinski definition) is 3. The van der Waals surface area contributed by atoms with Crippen molar-refractivity contribution in [2.24, 2.45) is 0 Å². The standard InChI is InChI=1S/C31H39FN3O9P/c1-22(2)42-30(39)20-34-45(41-21-28(23(3)37)43-29(19-32)35(16-9-17-36)31(40)33-4)44-26-13-8-12-25(18-26)27(38)15-14-24-10-6-5-7-11-24/h5-18,22-23,28-29,34,37H,19-21H2,1-4H3,(H,33,40)/b15-14+,16-9-. The first-order valence-corrected chi connectivity index (χ1v) is 15.2. The Labute approximate surface area is 263 Å². The average Bonchev–Trinajstić information content (AvgIpc) is 3.03. The summed E-state index contributed by atoms with van der Waals surface area (Å²) in [5.41, 5.74) is 1.19. The van der Waals surface area contributed by atoms with Crippen molar-refractivity contribution in [2.75, 3.05) is 26.9 Å². The van der Waals surface area contributed by atoms with E-state index in [-0.39, 0.29) is 30.8 Å². The van der Waals surface area contributed by atoms with Crippen LogP contribution in [0.15, 0.2) is 72.9 Å². The van der Waals surface area contributed by atoms with E-state index >= 15 is 0 Å². The molecule has 0 saturated heterocycles. The van der Waals surface area contributed by atoms with E-state index in [4.69, 9.17) is 18.5 Å². The Hall–Kier alpha value is -4.00. The molecule has 0 spiro atoms. The van der Waals surface area contributed by atoms with E-state index in [0.717, 1.165) is 22.7 Å². The third-order valence-electron chi connectivity index (χ3n) is 5.70. The Morgan fingerprint density at radius 1 is 1.09 bits per heavy atom. The van der Waals surface area contributed by atoms with Gasteiger partial charge >= 0.3 is 20.5 Å². The lowest BCUT2D eigenvalue weighted by Crippen LogP contribution is -2.48. The SMILES string of the molecule is CNC(=O)N(/C=C\C=O)C(CF)OC(COP(NCC(=O)OC(C)C)Oc1cccc(C(=O)/C=C/c2ccccc2)c1)C(C)O. The first-order valence-electron chi connectivity index (χ1n) is 14.0. The van der Waals surface area contributed by atoms with Gasteiger partial charge in [-0.3, -0.25) is 19.3 Å². The predicted molar refractivity (Wildman–Crippen MR) is 167 cm³/mol. The molecule has 0 aliphatic rings.